The molecule has 0 radical (unpaired) electrons. The number of thiophene rings is 1. The molecule has 2 atom stereocenters. The maximum Gasteiger partial charge on any atom is 0.252 e. The minimum Gasteiger partial charge on any atom is -0.349 e. The summed E-state index contributed by atoms with van der Waals surface area (Å²) in [5.74, 6) is -0.886. The molecule has 1 amide bonds. The molecule has 2 aromatic rings. The van der Waals surface area contributed by atoms with Gasteiger partial charge in [0.15, 0.2) is 0 Å². The van der Waals surface area contributed by atoms with E-state index in [4.69, 9.17) is 0 Å². The molecule has 1 aliphatic heterocycles. The highest BCUT2D eigenvalue weighted by Gasteiger charge is 2.34. The molecule has 0 saturated carbocycles. The first kappa shape index (κ1) is 19.0. The summed E-state index contributed by atoms with van der Waals surface area (Å²) in [5, 5.41) is 4.64. The smallest absolute Gasteiger partial charge is 0.252 e. The first-order valence-electron chi connectivity index (χ1n) is 8.47. The number of nitrogens with one attached hydrogen (secondary N) is 1. The van der Waals surface area contributed by atoms with E-state index in [0.717, 1.165) is 5.56 Å². The third-order valence-corrected chi connectivity index (χ3v) is 7.81. The number of carbonyl (C=O) groups is 1. The van der Waals surface area contributed by atoms with Gasteiger partial charge in [0.05, 0.1) is 12.0 Å². The fraction of sp³-hybridized carbons (Fsp3) is 0.389. The van der Waals surface area contributed by atoms with Gasteiger partial charge in [-0.1, -0.05) is 18.2 Å². The molecule has 1 fully saturated rings. The summed E-state index contributed by atoms with van der Waals surface area (Å²) in [5.41, 5.74) is 0.804. The summed E-state index contributed by atoms with van der Waals surface area (Å²) in [6, 6.07) is 8.99. The highest BCUT2D eigenvalue weighted by molar-refractivity contribution is 7.91. The Labute approximate surface area is 156 Å². The molecule has 1 aliphatic rings. The van der Waals surface area contributed by atoms with Crippen molar-refractivity contribution in [2.24, 2.45) is 5.92 Å². The Morgan fingerprint density at radius 3 is 2.69 bits per heavy atom. The first-order valence-corrected chi connectivity index (χ1v) is 10.8. The summed E-state index contributed by atoms with van der Waals surface area (Å²) in [7, 11) is -3.54. The molecule has 2 heterocycles. The zero-order valence-corrected chi connectivity index (χ0v) is 16.0. The van der Waals surface area contributed by atoms with E-state index in [2.05, 4.69) is 5.32 Å². The van der Waals surface area contributed by atoms with Gasteiger partial charge in [-0.25, -0.2) is 12.8 Å². The Bertz CT molecular complexity index is 851. The number of hydrogen-bond donors (Lipinski definition) is 1. The first-order chi connectivity index (χ1) is 12.4. The number of nitrogens with zero attached hydrogens (tertiary/aromatic N) is 1. The van der Waals surface area contributed by atoms with Crippen molar-refractivity contribution < 1.29 is 17.6 Å². The zero-order chi connectivity index (χ0) is 18.7. The van der Waals surface area contributed by atoms with Crippen molar-refractivity contribution >= 4 is 27.3 Å². The van der Waals surface area contributed by atoms with E-state index in [1.54, 1.807) is 29.6 Å². The van der Waals surface area contributed by atoms with Crippen molar-refractivity contribution in [3.63, 3.8) is 0 Å². The fourth-order valence-corrected chi connectivity index (χ4v) is 5.75. The molecule has 8 heteroatoms. The standard InChI is InChI=1S/C18H21FN2O3S2/c1-13(14-6-8-16(19)9-7-14)20-18(22)15-4-2-10-21(12-15)26(23,24)17-5-3-11-25-17/h3,5-9,11,13,15H,2,4,10,12H2,1H3,(H,20,22). The number of benzene rings is 1. The van der Waals surface area contributed by atoms with Crippen LogP contribution in [0.25, 0.3) is 0 Å². The van der Waals surface area contributed by atoms with Gasteiger partial charge in [-0.15, -0.1) is 11.3 Å². The minimum atomic E-state index is -3.54. The van der Waals surface area contributed by atoms with Crippen LogP contribution < -0.4 is 5.32 Å². The number of halogens is 1. The lowest BCUT2D eigenvalue weighted by atomic mass is 9.98. The molecule has 1 N–H and O–H groups in total. The lowest BCUT2D eigenvalue weighted by Gasteiger charge is -2.31. The minimum absolute atomic E-state index is 0.173. The Hall–Kier alpha value is -1.77. The number of sulfonamides is 1. The summed E-state index contributed by atoms with van der Waals surface area (Å²) in [6.07, 6.45) is 1.30. The molecule has 1 saturated heterocycles. The normalized spacial score (nSPS) is 19.8. The van der Waals surface area contributed by atoms with Gasteiger partial charge < -0.3 is 5.32 Å². The maximum atomic E-state index is 13.0. The van der Waals surface area contributed by atoms with E-state index in [1.807, 2.05) is 6.92 Å². The van der Waals surface area contributed by atoms with Crippen molar-refractivity contribution in [1.29, 1.82) is 0 Å². The van der Waals surface area contributed by atoms with Gasteiger partial charge in [-0.05, 0) is 48.9 Å². The molecule has 1 aromatic carbocycles. The Kier molecular flexibility index (Phi) is 5.74. The van der Waals surface area contributed by atoms with Crippen LogP contribution in [-0.2, 0) is 14.8 Å². The van der Waals surface area contributed by atoms with Crippen LogP contribution in [0.2, 0.25) is 0 Å². The molecule has 5 nitrogen and oxygen atoms in total. The zero-order valence-electron chi connectivity index (χ0n) is 14.4. The van der Waals surface area contributed by atoms with Crippen molar-refractivity contribution in [1.82, 2.24) is 9.62 Å². The van der Waals surface area contributed by atoms with Crippen LogP contribution in [-0.4, -0.2) is 31.7 Å². The summed E-state index contributed by atoms with van der Waals surface area (Å²) >= 11 is 1.18. The van der Waals surface area contributed by atoms with Crippen LogP contribution >= 0.6 is 11.3 Å². The maximum absolute atomic E-state index is 13.0. The molecule has 0 spiro atoms. The molecule has 0 aliphatic carbocycles. The van der Waals surface area contributed by atoms with Crippen molar-refractivity contribution in [2.75, 3.05) is 13.1 Å². The summed E-state index contributed by atoms with van der Waals surface area (Å²) in [6.45, 7) is 2.44. The van der Waals surface area contributed by atoms with Crippen LogP contribution in [0.4, 0.5) is 4.39 Å². The molecule has 0 bridgehead atoms. The molecule has 3 rings (SSSR count). The highest BCUT2D eigenvalue weighted by Crippen LogP contribution is 2.27. The molecule has 140 valence electrons. The number of hydrogen-bond acceptors (Lipinski definition) is 4. The average molecular weight is 397 g/mol. The molecule has 2 unspecified atom stereocenters. The Balaban J connectivity index is 1.65. The van der Waals surface area contributed by atoms with Gasteiger partial charge in [0, 0.05) is 13.1 Å². The van der Waals surface area contributed by atoms with Gasteiger partial charge in [0.1, 0.15) is 10.0 Å². The number of carbonyl (C=O) groups excluding carboxylic acids is 1. The van der Waals surface area contributed by atoms with Gasteiger partial charge in [-0.3, -0.25) is 4.79 Å². The quantitative estimate of drug-likeness (QED) is 0.844. The lowest BCUT2D eigenvalue weighted by molar-refractivity contribution is -0.126. The third kappa shape index (κ3) is 4.13. The SMILES string of the molecule is CC(NC(=O)C1CCCN(S(=O)(=O)c2cccs2)C1)c1ccc(F)cc1. The van der Waals surface area contributed by atoms with E-state index in [0.29, 0.717) is 23.6 Å². The van der Waals surface area contributed by atoms with E-state index in [9.17, 15) is 17.6 Å². The molecule has 26 heavy (non-hydrogen) atoms. The van der Waals surface area contributed by atoms with Crippen LogP contribution in [0.3, 0.4) is 0 Å². The molecule has 1 aromatic heterocycles. The van der Waals surface area contributed by atoms with Crippen LogP contribution in [0, 0.1) is 11.7 Å². The second-order valence-electron chi connectivity index (χ2n) is 6.42. The van der Waals surface area contributed by atoms with Crippen LogP contribution in [0.1, 0.15) is 31.4 Å². The second kappa shape index (κ2) is 7.85. The predicted octanol–water partition coefficient (Wildman–Crippen LogP) is 3.17. The van der Waals surface area contributed by atoms with Crippen molar-refractivity contribution in [3.05, 3.63) is 53.2 Å². The summed E-state index contributed by atoms with van der Waals surface area (Å²) < 4.78 is 40.1. The largest absolute Gasteiger partial charge is 0.349 e. The van der Waals surface area contributed by atoms with Crippen LogP contribution in [0.15, 0.2) is 46.0 Å². The highest BCUT2D eigenvalue weighted by atomic mass is 32.2. The van der Waals surface area contributed by atoms with Gasteiger partial charge >= 0.3 is 0 Å². The Morgan fingerprint density at radius 1 is 1.31 bits per heavy atom. The van der Waals surface area contributed by atoms with Crippen molar-refractivity contribution in [2.45, 2.75) is 30.0 Å². The monoisotopic (exact) mass is 396 g/mol. The third-order valence-electron chi connectivity index (χ3n) is 4.57. The van der Waals surface area contributed by atoms with E-state index in [-0.39, 0.29) is 30.2 Å². The Morgan fingerprint density at radius 2 is 2.04 bits per heavy atom. The topological polar surface area (TPSA) is 66.5 Å². The van der Waals surface area contributed by atoms with Gasteiger partial charge in [-0.2, -0.15) is 4.31 Å². The second-order valence-corrected chi connectivity index (χ2v) is 9.53. The van der Waals surface area contributed by atoms with Gasteiger partial charge in [0.25, 0.3) is 10.0 Å². The number of piperidine rings is 1. The van der Waals surface area contributed by atoms with E-state index in [1.165, 1.54) is 27.8 Å². The number of amides is 1. The fourth-order valence-electron chi connectivity index (χ4n) is 3.08. The average Bonchev–Trinajstić information content (AvgIpc) is 3.18. The van der Waals surface area contributed by atoms with E-state index < -0.39 is 10.0 Å². The number of rotatable bonds is 5. The lowest BCUT2D eigenvalue weighted by Crippen LogP contribution is -2.45. The summed E-state index contributed by atoms with van der Waals surface area (Å²) in [4.78, 5) is 12.6. The van der Waals surface area contributed by atoms with E-state index >= 15 is 0 Å². The van der Waals surface area contributed by atoms with Crippen molar-refractivity contribution in [3.8, 4) is 0 Å². The molecular weight excluding hydrogens is 375 g/mol. The predicted molar refractivity (Wildman–Crippen MR) is 98.8 cm³/mol. The van der Waals surface area contributed by atoms with Crippen LogP contribution in [0.5, 0.6) is 0 Å². The van der Waals surface area contributed by atoms with Gasteiger partial charge in [0.2, 0.25) is 5.91 Å². The molecular formula is C18H21FN2O3S2.